The standard InChI is InChI=1S/C20H18F3N3O3S3/c21-20(22,23)13-6-2-1-5-12(13)17(27)15-11-25-19(31-15)26-18(14-7-3-9-24-14)32(28,29)16-8-4-10-30-16/h1-2,4-6,8,10-11,14,18,24H,3,7,9H2,(H,25,26)/t14?,18-/m0/s1. The fourth-order valence-electron chi connectivity index (χ4n) is 3.54. The van der Waals surface area contributed by atoms with Crippen LogP contribution in [0, 0.1) is 0 Å². The van der Waals surface area contributed by atoms with Crippen LogP contribution in [0.1, 0.15) is 33.6 Å². The summed E-state index contributed by atoms with van der Waals surface area (Å²) in [6.45, 7) is 0.679. The van der Waals surface area contributed by atoms with Crippen molar-refractivity contribution < 1.29 is 26.4 Å². The van der Waals surface area contributed by atoms with Gasteiger partial charge in [0.25, 0.3) is 0 Å². The second-order valence-corrected chi connectivity index (χ2v) is 11.4. The van der Waals surface area contributed by atoms with E-state index in [1.807, 2.05) is 0 Å². The molecule has 32 heavy (non-hydrogen) atoms. The molecule has 0 bridgehead atoms. The number of alkyl halides is 3. The molecule has 1 aromatic carbocycles. The molecular weight excluding hydrogens is 483 g/mol. The van der Waals surface area contributed by atoms with Gasteiger partial charge in [0.15, 0.2) is 10.5 Å². The van der Waals surface area contributed by atoms with Gasteiger partial charge >= 0.3 is 6.18 Å². The number of nitrogens with one attached hydrogen (secondary N) is 2. The van der Waals surface area contributed by atoms with Gasteiger partial charge in [0.1, 0.15) is 4.21 Å². The molecule has 12 heteroatoms. The highest BCUT2D eigenvalue weighted by atomic mass is 32.2. The number of anilines is 1. The van der Waals surface area contributed by atoms with Gasteiger partial charge in [-0.15, -0.1) is 11.3 Å². The molecule has 0 spiro atoms. The SMILES string of the molecule is O=C(c1cnc(N[C@H](C2CCCN2)S(=O)(=O)c2cccs2)s1)c1ccccc1C(F)(F)F. The lowest BCUT2D eigenvalue weighted by molar-refractivity contribution is -0.137. The summed E-state index contributed by atoms with van der Waals surface area (Å²) in [5, 5.41) is 6.88. The van der Waals surface area contributed by atoms with Gasteiger partial charge in [-0.25, -0.2) is 13.4 Å². The Bertz CT molecular complexity index is 1200. The van der Waals surface area contributed by atoms with Gasteiger partial charge in [-0.1, -0.05) is 35.6 Å². The van der Waals surface area contributed by atoms with Crippen LogP contribution in [-0.4, -0.2) is 37.1 Å². The minimum Gasteiger partial charge on any atom is -0.343 e. The van der Waals surface area contributed by atoms with Crippen molar-refractivity contribution in [2.24, 2.45) is 0 Å². The van der Waals surface area contributed by atoms with E-state index in [-0.39, 0.29) is 20.3 Å². The van der Waals surface area contributed by atoms with Crippen molar-refractivity contribution in [3.05, 3.63) is 64.0 Å². The number of thiazole rings is 1. The van der Waals surface area contributed by atoms with Crippen LogP contribution >= 0.6 is 22.7 Å². The number of hydrogen-bond acceptors (Lipinski definition) is 8. The van der Waals surface area contributed by atoms with Crippen molar-refractivity contribution in [3.8, 4) is 0 Å². The number of aromatic nitrogens is 1. The minimum absolute atomic E-state index is 0.0177. The zero-order valence-corrected chi connectivity index (χ0v) is 18.9. The number of nitrogens with zero attached hydrogens (tertiary/aromatic N) is 1. The van der Waals surface area contributed by atoms with E-state index in [0.29, 0.717) is 13.0 Å². The summed E-state index contributed by atoms with van der Waals surface area (Å²) < 4.78 is 66.5. The topological polar surface area (TPSA) is 88.2 Å². The van der Waals surface area contributed by atoms with Crippen LogP contribution in [0.25, 0.3) is 0 Å². The Kier molecular flexibility index (Phi) is 6.39. The third kappa shape index (κ3) is 4.58. The summed E-state index contributed by atoms with van der Waals surface area (Å²) in [7, 11) is -3.75. The second kappa shape index (κ2) is 8.93. The molecule has 0 saturated carbocycles. The Morgan fingerprint density at radius 1 is 1.22 bits per heavy atom. The van der Waals surface area contributed by atoms with Crippen molar-refractivity contribution in [2.45, 2.75) is 34.6 Å². The van der Waals surface area contributed by atoms with E-state index in [2.05, 4.69) is 15.6 Å². The normalized spacial score (nSPS) is 17.9. The summed E-state index contributed by atoms with van der Waals surface area (Å²) in [6.07, 6.45) is -2.05. The van der Waals surface area contributed by atoms with Crippen molar-refractivity contribution in [1.82, 2.24) is 10.3 Å². The van der Waals surface area contributed by atoms with E-state index in [4.69, 9.17) is 0 Å². The van der Waals surface area contributed by atoms with Crippen LogP contribution in [0.4, 0.5) is 18.3 Å². The molecular formula is C20H18F3N3O3S3. The molecule has 1 fully saturated rings. The number of halogens is 3. The number of benzene rings is 1. The average Bonchev–Trinajstić information content (AvgIpc) is 3.53. The third-order valence-corrected chi connectivity index (χ3v) is 9.43. The lowest BCUT2D eigenvalue weighted by Crippen LogP contribution is -2.45. The highest BCUT2D eigenvalue weighted by Crippen LogP contribution is 2.34. The first-order chi connectivity index (χ1) is 15.2. The molecule has 2 atom stereocenters. The maximum absolute atomic E-state index is 13.3. The lowest BCUT2D eigenvalue weighted by atomic mass is 10.0. The van der Waals surface area contributed by atoms with E-state index < -0.39 is 38.3 Å². The molecule has 2 aromatic heterocycles. The van der Waals surface area contributed by atoms with Gasteiger partial charge in [-0.2, -0.15) is 13.2 Å². The fourth-order valence-corrected chi connectivity index (χ4v) is 7.34. The van der Waals surface area contributed by atoms with E-state index in [9.17, 15) is 26.4 Å². The quantitative estimate of drug-likeness (QED) is 0.466. The molecule has 1 unspecified atom stereocenters. The molecule has 1 saturated heterocycles. The van der Waals surface area contributed by atoms with Crippen molar-refractivity contribution >= 4 is 43.4 Å². The Balaban J connectivity index is 1.62. The molecule has 1 aliphatic rings. The van der Waals surface area contributed by atoms with Crippen LogP contribution in [-0.2, 0) is 16.0 Å². The van der Waals surface area contributed by atoms with Crippen molar-refractivity contribution in [2.75, 3.05) is 11.9 Å². The van der Waals surface area contributed by atoms with Crippen molar-refractivity contribution in [1.29, 1.82) is 0 Å². The fraction of sp³-hybridized carbons (Fsp3) is 0.300. The Morgan fingerprint density at radius 2 is 2.00 bits per heavy atom. The van der Waals surface area contributed by atoms with E-state index >= 15 is 0 Å². The second-order valence-electron chi connectivity index (χ2n) is 7.15. The zero-order valence-electron chi connectivity index (χ0n) is 16.4. The summed E-state index contributed by atoms with van der Waals surface area (Å²) >= 11 is 1.93. The average molecular weight is 502 g/mol. The molecule has 4 rings (SSSR count). The van der Waals surface area contributed by atoms with Crippen molar-refractivity contribution in [3.63, 3.8) is 0 Å². The number of carbonyl (C=O) groups is 1. The highest BCUT2D eigenvalue weighted by molar-refractivity contribution is 7.94. The van der Waals surface area contributed by atoms with Gasteiger partial charge < -0.3 is 10.6 Å². The minimum atomic E-state index is -4.67. The number of rotatable bonds is 7. The predicted molar refractivity (Wildman–Crippen MR) is 117 cm³/mol. The number of carbonyl (C=O) groups excluding carboxylic acids is 1. The number of hydrogen-bond donors (Lipinski definition) is 2. The van der Waals surface area contributed by atoms with Gasteiger partial charge in [-0.3, -0.25) is 4.79 Å². The smallest absolute Gasteiger partial charge is 0.343 e. The monoisotopic (exact) mass is 501 g/mol. The molecule has 0 radical (unpaired) electrons. The largest absolute Gasteiger partial charge is 0.417 e. The third-order valence-electron chi connectivity index (χ3n) is 5.05. The van der Waals surface area contributed by atoms with Crippen LogP contribution in [0.3, 0.4) is 0 Å². The lowest BCUT2D eigenvalue weighted by Gasteiger charge is -2.24. The molecule has 3 heterocycles. The molecule has 0 amide bonds. The summed E-state index contributed by atoms with van der Waals surface area (Å²) in [5.41, 5.74) is -1.50. The van der Waals surface area contributed by atoms with Crippen LogP contribution in [0.15, 0.2) is 52.2 Å². The van der Waals surface area contributed by atoms with Gasteiger partial charge in [0.05, 0.1) is 16.6 Å². The summed E-state index contributed by atoms with van der Waals surface area (Å²) in [4.78, 5) is 16.8. The maximum atomic E-state index is 13.3. The Hall–Kier alpha value is -2.28. The molecule has 3 aromatic rings. The van der Waals surface area contributed by atoms with Gasteiger partial charge in [-0.05, 0) is 36.9 Å². The van der Waals surface area contributed by atoms with Crippen LogP contribution in [0.5, 0.6) is 0 Å². The first kappa shape index (κ1) is 22.9. The number of thiophene rings is 1. The molecule has 2 N–H and O–H groups in total. The molecule has 6 nitrogen and oxygen atoms in total. The molecule has 1 aliphatic heterocycles. The maximum Gasteiger partial charge on any atom is 0.417 e. The van der Waals surface area contributed by atoms with Crippen LogP contribution < -0.4 is 10.6 Å². The first-order valence-electron chi connectivity index (χ1n) is 9.62. The first-order valence-corrected chi connectivity index (χ1v) is 12.9. The highest BCUT2D eigenvalue weighted by Gasteiger charge is 2.38. The number of sulfone groups is 1. The van der Waals surface area contributed by atoms with Gasteiger partial charge in [0.2, 0.25) is 15.6 Å². The summed E-state index contributed by atoms with van der Waals surface area (Å²) in [5.74, 6) is -0.819. The molecule has 0 aliphatic carbocycles. The van der Waals surface area contributed by atoms with Crippen LogP contribution in [0.2, 0.25) is 0 Å². The zero-order chi connectivity index (χ0) is 22.9. The summed E-state index contributed by atoms with van der Waals surface area (Å²) in [6, 6.07) is 7.35. The van der Waals surface area contributed by atoms with E-state index in [1.54, 1.807) is 11.4 Å². The number of ketones is 1. The Labute approximate surface area is 190 Å². The van der Waals surface area contributed by atoms with E-state index in [1.165, 1.54) is 24.4 Å². The van der Waals surface area contributed by atoms with E-state index in [0.717, 1.165) is 41.2 Å². The van der Waals surface area contributed by atoms with Gasteiger partial charge in [0, 0.05) is 11.6 Å². The predicted octanol–water partition coefficient (Wildman–Crippen LogP) is 4.42. The Morgan fingerprint density at radius 3 is 2.66 bits per heavy atom. The molecule has 170 valence electrons.